The summed E-state index contributed by atoms with van der Waals surface area (Å²) in [6, 6.07) is 10.7. The molecule has 1 aromatic carbocycles. The van der Waals surface area contributed by atoms with Gasteiger partial charge in [0.1, 0.15) is 0 Å². The third kappa shape index (κ3) is 6.03. The summed E-state index contributed by atoms with van der Waals surface area (Å²) in [4.78, 5) is 6.31. The second-order valence-electron chi connectivity index (χ2n) is 8.08. The van der Waals surface area contributed by atoms with Gasteiger partial charge in [-0.15, -0.1) is 11.3 Å². The number of benzene rings is 1. The predicted octanol–water partition coefficient (Wildman–Crippen LogP) is 5.69. The number of thiocarbonyl (C=S) groups is 1. The molecule has 0 amide bonds. The number of likely N-dealkylation sites (tertiary alicyclic amines) is 1. The second kappa shape index (κ2) is 10.4. The minimum atomic E-state index is 0.832. The Balaban J connectivity index is 1.60. The van der Waals surface area contributed by atoms with Crippen LogP contribution in [0.4, 0.5) is 5.69 Å². The van der Waals surface area contributed by atoms with Crippen LogP contribution in [0.3, 0.4) is 0 Å². The van der Waals surface area contributed by atoms with E-state index < -0.39 is 0 Å². The van der Waals surface area contributed by atoms with E-state index in [9.17, 15) is 0 Å². The number of piperidine rings is 1. The first-order valence-electron chi connectivity index (χ1n) is 10.4. The van der Waals surface area contributed by atoms with Gasteiger partial charge in [-0.1, -0.05) is 31.2 Å². The fourth-order valence-electron chi connectivity index (χ4n) is 3.81. The summed E-state index contributed by atoms with van der Waals surface area (Å²) in [7, 11) is 0. The van der Waals surface area contributed by atoms with E-state index in [2.05, 4.69) is 71.6 Å². The molecule has 0 radical (unpaired) electrons. The zero-order valence-corrected chi connectivity index (χ0v) is 19.0. The number of nitrogens with one attached hydrogen (secondary N) is 1. The van der Waals surface area contributed by atoms with Crippen LogP contribution in [0.5, 0.6) is 0 Å². The lowest BCUT2D eigenvalue weighted by molar-refractivity contribution is 0.186. The van der Waals surface area contributed by atoms with E-state index in [-0.39, 0.29) is 0 Å². The maximum atomic E-state index is 5.84. The van der Waals surface area contributed by atoms with Gasteiger partial charge in [0.25, 0.3) is 0 Å². The first kappa shape index (κ1) is 21.3. The highest BCUT2D eigenvalue weighted by Gasteiger charge is 2.17. The van der Waals surface area contributed by atoms with Crippen molar-refractivity contribution in [1.29, 1.82) is 0 Å². The third-order valence-electron chi connectivity index (χ3n) is 5.71. The maximum Gasteiger partial charge on any atom is 0.173 e. The van der Waals surface area contributed by atoms with E-state index >= 15 is 0 Å². The average Bonchev–Trinajstić information content (AvgIpc) is 3.18. The number of aryl methyl sites for hydroxylation is 2. The summed E-state index contributed by atoms with van der Waals surface area (Å²) in [5.41, 5.74) is 3.62. The third-order valence-corrected chi connectivity index (χ3v) is 6.93. The average molecular weight is 416 g/mol. The molecule has 5 heteroatoms. The Morgan fingerprint density at radius 2 is 1.89 bits per heavy atom. The molecular weight excluding hydrogens is 382 g/mol. The van der Waals surface area contributed by atoms with E-state index in [1.807, 2.05) is 0 Å². The molecule has 152 valence electrons. The molecule has 1 N–H and O–H groups in total. The van der Waals surface area contributed by atoms with Crippen molar-refractivity contribution in [3.8, 4) is 0 Å². The molecule has 0 atom stereocenters. The van der Waals surface area contributed by atoms with Gasteiger partial charge < -0.3 is 15.1 Å². The Labute approximate surface area is 179 Å². The number of anilines is 1. The van der Waals surface area contributed by atoms with E-state index in [0.717, 1.165) is 36.2 Å². The van der Waals surface area contributed by atoms with Crippen LogP contribution in [-0.4, -0.2) is 41.1 Å². The lowest BCUT2D eigenvalue weighted by Gasteiger charge is -2.31. The summed E-state index contributed by atoms with van der Waals surface area (Å²) >= 11 is 7.64. The van der Waals surface area contributed by atoms with Crippen LogP contribution in [0.25, 0.3) is 0 Å². The summed E-state index contributed by atoms with van der Waals surface area (Å²) < 4.78 is 0. The summed E-state index contributed by atoms with van der Waals surface area (Å²) in [6.45, 7) is 12.2. The zero-order chi connectivity index (χ0) is 19.9. The molecule has 1 fully saturated rings. The molecule has 3 rings (SSSR count). The first-order chi connectivity index (χ1) is 13.5. The van der Waals surface area contributed by atoms with Crippen LogP contribution >= 0.6 is 23.6 Å². The minimum Gasteiger partial charge on any atom is -0.344 e. The number of para-hydroxylation sites is 1. The van der Waals surface area contributed by atoms with Gasteiger partial charge in [0.05, 0.1) is 6.54 Å². The van der Waals surface area contributed by atoms with E-state index in [4.69, 9.17) is 12.2 Å². The maximum absolute atomic E-state index is 5.84. The van der Waals surface area contributed by atoms with Crippen molar-refractivity contribution in [2.75, 3.05) is 31.5 Å². The molecule has 1 aromatic heterocycles. The molecule has 0 aliphatic carbocycles. The Morgan fingerprint density at radius 3 is 2.54 bits per heavy atom. The standard InChI is InChI=1S/C23H33N3S2/c1-18-10-14-25(15-11-18)12-6-13-26(17-21-9-5-16-28-21)23(27)24-22-19(2)7-4-8-20(22)3/h4-5,7-9,16,18H,6,10-15,17H2,1-3H3,(H,24,27). The quantitative estimate of drug-likeness (QED) is 0.586. The molecule has 2 aromatic rings. The number of thiophene rings is 1. The van der Waals surface area contributed by atoms with Gasteiger partial charge in [-0.3, -0.25) is 0 Å². The number of hydrogen-bond donors (Lipinski definition) is 1. The van der Waals surface area contributed by atoms with Gasteiger partial charge in [-0.2, -0.15) is 0 Å². The van der Waals surface area contributed by atoms with E-state index in [0.29, 0.717) is 0 Å². The Hall–Kier alpha value is -1.43. The van der Waals surface area contributed by atoms with Crippen molar-refractivity contribution in [2.45, 2.75) is 46.6 Å². The second-order valence-corrected chi connectivity index (χ2v) is 9.49. The van der Waals surface area contributed by atoms with Crippen molar-refractivity contribution in [2.24, 2.45) is 5.92 Å². The van der Waals surface area contributed by atoms with Crippen LogP contribution in [0, 0.1) is 19.8 Å². The normalized spacial score (nSPS) is 15.5. The molecule has 1 aliphatic rings. The smallest absolute Gasteiger partial charge is 0.173 e. The minimum absolute atomic E-state index is 0.832. The molecule has 1 aliphatic heterocycles. The van der Waals surface area contributed by atoms with Crippen LogP contribution in [0.2, 0.25) is 0 Å². The summed E-state index contributed by atoms with van der Waals surface area (Å²) in [5, 5.41) is 6.51. The van der Waals surface area contributed by atoms with Gasteiger partial charge in [-0.05, 0) is 93.5 Å². The number of rotatable bonds is 7. The monoisotopic (exact) mass is 415 g/mol. The van der Waals surface area contributed by atoms with Gasteiger partial charge in [0, 0.05) is 17.1 Å². The zero-order valence-electron chi connectivity index (χ0n) is 17.4. The van der Waals surface area contributed by atoms with Crippen molar-refractivity contribution < 1.29 is 0 Å². The summed E-state index contributed by atoms with van der Waals surface area (Å²) in [5.74, 6) is 0.890. The van der Waals surface area contributed by atoms with E-state index in [1.165, 1.54) is 48.5 Å². The molecular formula is C23H33N3S2. The van der Waals surface area contributed by atoms with Gasteiger partial charge >= 0.3 is 0 Å². The number of hydrogen-bond acceptors (Lipinski definition) is 3. The molecule has 0 spiro atoms. The molecule has 0 bridgehead atoms. The molecule has 2 heterocycles. The lowest BCUT2D eigenvalue weighted by atomic mass is 9.99. The highest BCUT2D eigenvalue weighted by molar-refractivity contribution is 7.80. The van der Waals surface area contributed by atoms with Crippen LogP contribution in [0.15, 0.2) is 35.7 Å². The number of nitrogens with zero attached hydrogens (tertiary/aromatic N) is 2. The fraction of sp³-hybridized carbons (Fsp3) is 0.522. The largest absolute Gasteiger partial charge is 0.344 e. The van der Waals surface area contributed by atoms with Crippen molar-refractivity contribution >= 4 is 34.4 Å². The SMILES string of the molecule is Cc1cccc(C)c1NC(=S)N(CCCN1CCC(C)CC1)Cc1cccs1. The molecule has 1 saturated heterocycles. The summed E-state index contributed by atoms with van der Waals surface area (Å²) in [6.07, 6.45) is 3.82. The van der Waals surface area contributed by atoms with Crippen molar-refractivity contribution in [1.82, 2.24) is 9.80 Å². The molecule has 28 heavy (non-hydrogen) atoms. The van der Waals surface area contributed by atoms with Crippen LogP contribution < -0.4 is 5.32 Å². The van der Waals surface area contributed by atoms with Crippen LogP contribution in [-0.2, 0) is 6.54 Å². The first-order valence-corrected chi connectivity index (χ1v) is 11.7. The van der Waals surface area contributed by atoms with Crippen molar-refractivity contribution in [3.63, 3.8) is 0 Å². The molecule has 3 nitrogen and oxygen atoms in total. The lowest BCUT2D eigenvalue weighted by Crippen LogP contribution is -2.38. The van der Waals surface area contributed by atoms with Crippen molar-refractivity contribution in [3.05, 3.63) is 51.7 Å². The Kier molecular flexibility index (Phi) is 7.89. The van der Waals surface area contributed by atoms with Gasteiger partial charge in [-0.25, -0.2) is 0 Å². The highest BCUT2D eigenvalue weighted by atomic mass is 32.1. The van der Waals surface area contributed by atoms with Gasteiger partial charge in [0.2, 0.25) is 0 Å². The molecule has 0 saturated carbocycles. The Morgan fingerprint density at radius 1 is 1.18 bits per heavy atom. The molecule has 0 unspecified atom stereocenters. The highest BCUT2D eigenvalue weighted by Crippen LogP contribution is 2.21. The Bertz CT molecular complexity index is 729. The van der Waals surface area contributed by atoms with Crippen LogP contribution in [0.1, 0.15) is 42.2 Å². The topological polar surface area (TPSA) is 18.5 Å². The predicted molar refractivity (Wildman–Crippen MR) is 126 cm³/mol. The van der Waals surface area contributed by atoms with E-state index in [1.54, 1.807) is 11.3 Å². The fourth-order valence-corrected chi connectivity index (χ4v) is 4.79. The van der Waals surface area contributed by atoms with Gasteiger partial charge in [0.15, 0.2) is 5.11 Å².